The van der Waals surface area contributed by atoms with Gasteiger partial charge >= 0.3 is 18.4 Å². The fraction of sp³-hybridized carbons (Fsp3) is 0.273. The minimum atomic E-state index is -5.10. The summed E-state index contributed by atoms with van der Waals surface area (Å²) in [5.41, 5.74) is -4.22. The Hall–Kier alpha value is -2.26. The number of aldehydes is 1. The maximum absolute atomic E-state index is 12.6. The van der Waals surface area contributed by atoms with Crippen LogP contribution in [0.1, 0.15) is 11.1 Å². The molecule has 0 aromatic heterocycles. The zero-order valence-corrected chi connectivity index (χ0v) is 10.00. The number of amides is 1. The fourth-order valence-electron chi connectivity index (χ4n) is 1.46. The molecule has 1 aromatic rings. The third kappa shape index (κ3) is 4.10. The van der Waals surface area contributed by atoms with E-state index >= 15 is 0 Å². The van der Waals surface area contributed by atoms with Crippen molar-refractivity contribution < 1.29 is 41.0 Å². The number of halogens is 6. The number of nitrogens with zero attached hydrogens (tertiary/aromatic N) is 1. The summed E-state index contributed by atoms with van der Waals surface area (Å²) in [7, 11) is 0. The van der Waals surface area contributed by atoms with E-state index in [0.717, 1.165) is 0 Å². The lowest BCUT2D eigenvalue weighted by molar-refractivity contribution is -0.143. The normalized spacial score (nSPS) is 12.1. The molecule has 0 spiro atoms. The Kier molecular flexibility index (Phi) is 4.49. The monoisotopic (exact) mass is 315 g/mol. The van der Waals surface area contributed by atoms with Gasteiger partial charge in [0.1, 0.15) is 6.29 Å². The Balaban J connectivity index is 3.50. The Morgan fingerprint density at radius 1 is 1.05 bits per heavy atom. The van der Waals surface area contributed by atoms with Gasteiger partial charge in [0.15, 0.2) is 0 Å². The van der Waals surface area contributed by atoms with Gasteiger partial charge in [0, 0.05) is 5.69 Å². The van der Waals surface area contributed by atoms with Gasteiger partial charge in [-0.1, -0.05) is 0 Å². The molecule has 0 bridgehead atoms. The van der Waals surface area contributed by atoms with Crippen LogP contribution < -0.4 is 4.90 Å². The van der Waals surface area contributed by atoms with E-state index in [9.17, 15) is 35.9 Å². The predicted octanol–water partition coefficient (Wildman–Crippen LogP) is 3.41. The summed E-state index contributed by atoms with van der Waals surface area (Å²) in [6.07, 6.45) is -12.0. The predicted molar refractivity (Wildman–Crippen MR) is 57.9 cm³/mol. The highest BCUT2D eigenvalue weighted by molar-refractivity contribution is 5.89. The lowest BCUT2D eigenvalue weighted by Crippen LogP contribution is -2.31. The van der Waals surface area contributed by atoms with Gasteiger partial charge < -0.3 is 9.90 Å². The summed E-state index contributed by atoms with van der Waals surface area (Å²) in [4.78, 5) is 21.2. The summed E-state index contributed by atoms with van der Waals surface area (Å²) in [6, 6.07) is 0.324. The summed E-state index contributed by atoms with van der Waals surface area (Å²) < 4.78 is 75.5. The van der Waals surface area contributed by atoms with Gasteiger partial charge in [-0.05, 0) is 18.2 Å². The van der Waals surface area contributed by atoms with Gasteiger partial charge in [0.25, 0.3) is 0 Å². The highest BCUT2D eigenvalue weighted by Gasteiger charge is 2.37. The molecule has 116 valence electrons. The highest BCUT2D eigenvalue weighted by Crippen LogP contribution is 2.38. The van der Waals surface area contributed by atoms with Crippen molar-refractivity contribution >= 4 is 18.1 Å². The van der Waals surface area contributed by atoms with E-state index < -0.39 is 41.8 Å². The maximum Gasteiger partial charge on any atom is 0.416 e. The average Bonchev–Trinajstić information content (AvgIpc) is 2.32. The van der Waals surface area contributed by atoms with Gasteiger partial charge in [0.2, 0.25) is 0 Å². The third-order valence-corrected chi connectivity index (χ3v) is 2.37. The average molecular weight is 315 g/mol. The molecule has 4 nitrogen and oxygen atoms in total. The fourth-order valence-corrected chi connectivity index (χ4v) is 1.46. The van der Waals surface area contributed by atoms with E-state index in [2.05, 4.69) is 0 Å². The van der Waals surface area contributed by atoms with Crippen molar-refractivity contribution in [2.24, 2.45) is 0 Å². The quantitative estimate of drug-likeness (QED) is 0.687. The molecule has 0 aliphatic rings. The Morgan fingerprint density at radius 2 is 1.48 bits per heavy atom. The number of carbonyl (C=O) groups excluding carboxylic acids is 1. The zero-order chi connectivity index (χ0) is 16.4. The van der Waals surface area contributed by atoms with Gasteiger partial charge in [-0.2, -0.15) is 26.3 Å². The Labute approximate surface area is 113 Å². The molecular weight excluding hydrogens is 308 g/mol. The summed E-state index contributed by atoms with van der Waals surface area (Å²) in [5, 5.41) is 8.75. The van der Waals surface area contributed by atoms with Crippen LogP contribution in [0.5, 0.6) is 0 Å². The number of anilines is 1. The van der Waals surface area contributed by atoms with Crippen molar-refractivity contribution in [3.63, 3.8) is 0 Å². The van der Waals surface area contributed by atoms with Crippen molar-refractivity contribution in [2.75, 3.05) is 11.4 Å². The summed E-state index contributed by atoms with van der Waals surface area (Å²) >= 11 is 0. The molecule has 10 heteroatoms. The van der Waals surface area contributed by atoms with Crippen LogP contribution in [0.3, 0.4) is 0 Å². The molecule has 0 aliphatic heterocycles. The highest BCUT2D eigenvalue weighted by atomic mass is 19.4. The molecule has 1 rings (SSSR count). The van der Waals surface area contributed by atoms with Crippen molar-refractivity contribution in [3.8, 4) is 0 Å². The minimum absolute atomic E-state index is 0.0433. The van der Waals surface area contributed by atoms with Crippen molar-refractivity contribution in [3.05, 3.63) is 29.3 Å². The largest absolute Gasteiger partial charge is 0.465 e. The minimum Gasteiger partial charge on any atom is -0.465 e. The number of hydrogen-bond donors (Lipinski definition) is 1. The molecule has 0 saturated heterocycles. The van der Waals surface area contributed by atoms with E-state index in [1.165, 1.54) is 0 Å². The standard InChI is InChI=1S/C11H7F6NO3/c12-10(13,14)6-3-7(11(15,16)17)5-8(4-6)18(1-2-19)9(20)21/h2-5H,1H2,(H,20,21). The van der Waals surface area contributed by atoms with Crippen LogP contribution in [0.25, 0.3) is 0 Å². The summed E-state index contributed by atoms with van der Waals surface area (Å²) in [5.74, 6) is 0. The molecule has 0 aliphatic carbocycles. The number of hydrogen-bond acceptors (Lipinski definition) is 2. The number of rotatable bonds is 3. The van der Waals surface area contributed by atoms with Crippen LogP contribution in [0.4, 0.5) is 36.8 Å². The molecule has 21 heavy (non-hydrogen) atoms. The number of alkyl halides is 6. The van der Waals surface area contributed by atoms with E-state index in [-0.39, 0.29) is 29.4 Å². The molecular formula is C11H7F6NO3. The molecule has 0 radical (unpaired) electrons. The first-order valence-corrected chi connectivity index (χ1v) is 5.20. The molecule has 0 heterocycles. The van der Waals surface area contributed by atoms with Crippen LogP contribution in [0, 0.1) is 0 Å². The van der Waals surface area contributed by atoms with Gasteiger partial charge in [0.05, 0.1) is 17.7 Å². The van der Waals surface area contributed by atoms with Crippen LogP contribution in [0.15, 0.2) is 18.2 Å². The molecule has 0 unspecified atom stereocenters. The Morgan fingerprint density at radius 3 is 1.76 bits per heavy atom. The van der Waals surface area contributed by atoms with Gasteiger partial charge in [-0.15, -0.1) is 0 Å². The number of carboxylic acid groups (broad SMARTS) is 1. The van der Waals surface area contributed by atoms with Crippen molar-refractivity contribution in [1.29, 1.82) is 0 Å². The molecule has 1 amide bonds. The SMILES string of the molecule is O=CCN(C(=O)O)c1cc(C(F)(F)F)cc(C(F)(F)F)c1. The second kappa shape index (κ2) is 5.62. The Bertz CT molecular complexity index is 520. The van der Waals surface area contributed by atoms with E-state index in [1.54, 1.807) is 0 Å². The van der Waals surface area contributed by atoms with Crippen molar-refractivity contribution in [1.82, 2.24) is 0 Å². The van der Waals surface area contributed by atoms with Crippen LogP contribution in [-0.4, -0.2) is 24.0 Å². The second-order valence-corrected chi connectivity index (χ2v) is 3.82. The van der Waals surface area contributed by atoms with E-state index in [1.807, 2.05) is 0 Å². The molecule has 0 saturated carbocycles. The lowest BCUT2D eigenvalue weighted by atomic mass is 10.1. The topological polar surface area (TPSA) is 57.6 Å². The zero-order valence-electron chi connectivity index (χ0n) is 10.00. The van der Waals surface area contributed by atoms with E-state index in [0.29, 0.717) is 0 Å². The first kappa shape index (κ1) is 16.8. The van der Waals surface area contributed by atoms with Crippen LogP contribution >= 0.6 is 0 Å². The lowest BCUT2D eigenvalue weighted by Gasteiger charge is -2.20. The number of carbonyl (C=O) groups is 2. The molecule has 1 N–H and O–H groups in total. The maximum atomic E-state index is 12.6. The first-order valence-electron chi connectivity index (χ1n) is 5.20. The van der Waals surface area contributed by atoms with E-state index in [4.69, 9.17) is 5.11 Å². The molecule has 0 atom stereocenters. The summed E-state index contributed by atoms with van der Waals surface area (Å²) in [6.45, 7) is -0.895. The van der Waals surface area contributed by atoms with Crippen LogP contribution in [-0.2, 0) is 17.1 Å². The smallest absolute Gasteiger partial charge is 0.416 e. The van der Waals surface area contributed by atoms with Crippen LogP contribution in [0.2, 0.25) is 0 Å². The first-order chi connectivity index (χ1) is 9.46. The van der Waals surface area contributed by atoms with Gasteiger partial charge in [-0.25, -0.2) is 4.79 Å². The van der Waals surface area contributed by atoms with Gasteiger partial charge in [-0.3, -0.25) is 4.90 Å². The third-order valence-electron chi connectivity index (χ3n) is 2.37. The molecule has 1 aromatic carbocycles. The second-order valence-electron chi connectivity index (χ2n) is 3.82. The molecule has 0 fully saturated rings. The van der Waals surface area contributed by atoms with Crippen molar-refractivity contribution in [2.45, 2.75) is 12.4 Å². The number of benzene rings is 1.